The maximum atomic E-state index is 5.92. The van der Waals surface area contributed by atoms with Crippen molar-refractivity contribution in [2.75, 3.05) is 5.32 Å². The van der Waals surface area contributed by atoms with Gasteiger partial charge in [-0.25, -0.2) is 4.98 Å². The van der Waals surface area contributed by atoms with Crippen molar-refractivity contribution in [2.24, 2.45) is 11.8 Å². The second-order valence-corrected chi connectivity index (χ2v) is 6.65. The van der Waals surface area contributed by atoms with Crippen LogP contribution >= 0.6 is 27.5 Å². The fraction of sp³-hybridized carbons (Fsp3) is 0.643. The van der Waals surface area contributed by atoms with Crippen molar-refractivity contribution in [3.05, 3.63) is 21.9 Å². The van der Waals surface area contributed by atoms with E-state index in [0.29, 0.717) is 11.2 Å². The molecule has 0 amide bonds. The number of hydrogen-bond donors (Lipinski definition) is 1. The first kappa shape index (κ1) is 14.1. The molecule has 18 heavy (non-hydrogen) atoms. The minimum Gasteiger partial charge on any atom is -0.381 e. The van der Waals surface area contributed by atoms with E-state index < -0.39 is 0 Å². The Balaban J connectivity index is 2.08. The summed E-state index contributed by atoms with van der Waals surface area (Å²) in [6, 6.07) is 2.58. The van der Waals surface area contributed by atoms with Crippen LogP contribution in [0.15, 0.2) is 16.7 Å². The predicted molar refractivity (Wildman–Crippen MR) is 81.2 cm³/mol. The third-order valence-corrected chi connectivity index (χ3v) is 4.96. The largest absolute Gasteiger partial charge is 0.381 e. The van der Waals surface area contributed by atoms with Gasteiger partial charge < -0.3 is 5.32 Å². The lowest BCUT2D eigenvalue weighted by Crippen LogP contribution is -2.35. The van der Waals surface area contributed by atoms with Crippen LogP contribution in [0.2, 0.25) is 5.15 Å². The standard InChI is InChI=1S/C14H20BrClN2/c1-9(2)11-5-3-4-6-13(11)18-10-7-12(15)14(16)17-8-10/h7-9,11,13,18H,3-6H2,1-2H3. The summed E-state index contributed by atoms with van der Waals surface area (Å²) in [7, 11) is 0. The summed E-state index contributed by atoms with van der Waals surface area (Å²) >= 11 is 9.34. The minimum absolute atomic E-state index is 0.518. The van der Waals surface area contributed by atoms with Gasteiger partial charge in [0, 0.05) is 6.04 Å². The maximum Gasteiger partial charge on any atom is 0.143 e. The Labute approximate surface area is 123 Å². The Morgan fingerprint density at radius 2 is 2.11 bits per heavy atom. The molecule has 0 spiro atoms. The number of anilines is 1. The van der Waals surface area contributed by atoms with Gasteiger partial charge in [-0.3, -0.25) is 0 Å². The molecule has 2 atom stereocenters. The van der Waals surface area contributed by atoms with Crippen LogP contribution in [0.5, 0.6) is 0 Å². The number of hydrogen-bond acceptors (Lipinski definition) is 2. The molecule has 2 nitrogen and oxygen atoms in total. The molecule has 1 fully saturated rings. The minimum atomic E-state index is 0.518. The van der Waals surface area contributed by atoms with Gasteiger partial charge in [-0.15, -0.1) is 0 Å². The molecule has 0 aliphatic heterocycles. The normalized spacial score (nSPS) is 24.3. The van der Waals surface area contributed by atoms with Crippen LogP contribution < -0.4 is 5.32 Å². The lowest BCUT2D eigenvalue weighted by molar-refractivity contribution is 0.254. The van der Waals surface area contributed by atoms with Gasteiger partial charge in [0.2, 0.25) is 0 Å². The van der Waals surface area contributed by atoms with E-state index in [-0.39, 0.29) is 0 Å². The molecule has 0 bridgehead atoms. The van der Waals surface area contributed by atoms with E-state index in [1.807, 2.05) is 12.3 Å². The average molecular weight is 332 g/mol. The van der Waals surface area contributed by atoms with E-state index in [2.05, 4.69) is 40.1 Å². The number of nitrogens with zero attached hydrogens (tertiary/aromatic N) is 1. The molecule has 0 saturated heterocycles. The lowest BCUT2D eigenvalue weighted by Gasteiger charge is -2.35. The first-order chi connectivity index (χ1) is 8.58. The Bertz CT molecular complexity index is 409. The fourth-order valence-corrected chi connectivity index (χ4v) is 3.30. The number of pyridine rings is 1. The van der Waals surface area contributed by atoms with Gasteiger partial charge >= 0.3 is 0 Å². The van der Waals surface area contributed by atoms with E-state index >= 15 is 0 Å². The lowest BCUT2D eigenvalue weighted by atomic mass is 9.78. The van der Waals surface area contributed by atoms with Crippen molar-refractivity contribution in [3.8, 4) is 0 Å². The summed E-state index contributed by atoms with van der Waals surface area (Å²) in [5, 5.41) is 4.15. The molecular weight excluding hydrogens is 312 g/mol. The fourth-order valence-electron chi connectivity index (χ4n) is 2.85. The molecule has 100 valence electrons. The van der Waals surface area contributed by atoms with E-state index in [0.717, 1.165) is 22.0 Å². The zero-order chi connectivity index (χ0) is 13.1. The summed E-state index contributed by atoms with van der Waals surface area (Å²) in [6.07, 6.45) is 7.09. The molecule has 1 N–H and O–H groups in total. The van der Waals surface area contributed by atoms with Crippen molar-refractivity contribution in [1.29, 1.82) is 0 Å². The van der Waals surface area contributed by atoms with Crippen LogP contribution in [0.25, 0.3) is 0 Å². The Morgan fingerprint density at radius 3 is 2.78 bits per heavy atom. The number of halogens is 2. The molecule has 1 heterocycles. The molecule has 1 aromatic heterocycles. The highest BCUT2D eigenvalue weighted by atomic mass is 79.9. The van der Waals surface area contributed by atoms with E-state index in [1.54, 1.807) is 0 Å². The smallest absolute Gasteiger partial charge is 0.143 e. The van der Waals surface area contributed by atoms with Crippen LogP contribution in [-0.2, 0) is 0 Å². The number of aromatic nitrogens is 1. The van der Waals surface area contributed by atoms with Crippen molar-refractivity contribution >= 4 is 33.2 Å². The second kappa shape index (κ2) is 6.25. The van der Waals surface area contributed by atoms with Crippen LogP contribution in [-0.4, -0.2) is 11.0 Å². The maximum absolute atomic E-state index is 5.92. The quantitative estimate of drug-likeness (QED) is 0.777. The molecular formula is C14H20BrClN2. The topological polar surface area (TPSA) is 24.9 Å². The molecule has 1 aliphatic carbocycles. The van der Waals surface area contributed by atoms with Crippen molar-refractivity contribution in [1.82, 2.24) is 4.98 Å². The molecule has 2 unspecified atom stereocenters. The van der Waals surface area contributed by atoms with Gasteiger partial charge in [0.15, 0.2) is 0 Å². The van der Waals surface area contributed by atoms with Crippen LogP contribution in [0, 0.1) is 11.8 Å². The van der Waals surface area contributed by atoms with Crippen LogP contribution in [0.3, 0.4) is 0 Å². The molecule has 0 radical (unpaired) electrons. The Morgan fingerprint density at radius 1 is 1.39 bits per heavy atom. The summed E-state index contributed by atoms with van der Waals surface area (Å²) in [5.41, 5.74) is 1.06. The van der Waals surface area contributed by atoms with Crippen molar-refractivity contribution < 1.29 is 0 Å². The molecule has 4 heteroatoms. The number of rotatable bonds is 3. The van der Waals surface area contributed by atoms with Crippen molar-refractivity contribution in [3.63, 3.8) is 0 Å². The highest BCUT2D eigenvalue weighted by Crippen LogP contribution is 2.33. The monoisotopic (exact) mass is 330 g/mol. The van der Waals surface area contributed by atoms with Gasteiger partial charge in [0.05, 0.1) is 16.4 Å². The third kappa shape index (κ3) is 3.39. The zero-order valence-corrected chi connectivity index (χ0v) is 13.3. The first-order valence-electron chi connectivity index (χ1n) is 6.65. The van der Waals surface area contributed by atoms with Gasteiger partial charge in [-0.2, -0.15) is 0 Å². The molecule has 1 aromatic rings. The van der Waals surface area contributed by atoms with Crippen molar-refractivity contribution in [2.45, 2.75) is 45.6 Å². The van der Waals surface area contributed by atoms with Gasteiger partial charge in [-0.05, 0) is 46.7 Å². The number of nitrogens with one attached hydrogen (secondary N) is 1. The van der Waals surface area contributed by atoms with Gasteiger partial charge in [-0.1, -0.05) is 38.3 Å². The van der Waals surface area contributed by atoms with Gasteiger partial charge in [0.1, 0.15) is 5.15 Å². The predicted octanol–water partition coefficient (Wildman–Crippen LogP) is 5.12. The second-order valence-electron chi connectivity index (χ2n) is 5.44. The summed E-state index contributed by atoms with van der Waals surface area (Å²) in [6.45, 7) is 4.64. The SMILES string of the molecule is CC(C)C1CCCCC1Nc1cnc(Cl)c(Br)c1. The van der Waals surface area contributed by atoms with E-state index in [1.165, 1.54) is 25.7 Å². The highest BCUT2D eigenvalue weighted by Gasteiger charge is 2.27. The Hall–Kier alpha value is -0.280. The average Bonchev–Trinajstić information content (AvgIpc) is 2.34. The van der Waals surface area contributed by atoms with Crippen LogP contribution in [0.4, 0.5) is 5.69 Å². The van der Waals surface area contributed by atoms with Crippen LogP contribution in [0.1, 0.15) is 39.5 Å². The molecule has 2 rings (SSSR count). The summed E-state index contributed by atoms with van der Waals surface area (Å²) < 4.78 is 0.853. The van der Waals surface area contributed by atoms with E-state index in [9.17, 15) is 0 Å². The molecule has 1 aliphatic rings. The first-order valence-corrected chi connectivity index (χ1v) is 7.82. The summed E-state index contributed by atoms with van der Waals surface area (Å²) in [5.74, 6) is 1.49. The van der Waals surface area contributed by atoms with E-state index in [4.69, 9.17) is 11.6 Å². The Kier molecular flexibility index (Phi) is 4.91. The highest BCUT2D eigenvalue weighted by molar-refractivity contribution is 9.10. The summed E-state index contributed by atoms with van der Waals surface area (Å²) in [4.78, 5) is 4.17. The van der Waals surface area contributed by atoms with Gasteiger partial charge in [0.25, 0.3) is 0 Å². The molecule has 0 aromatic carbocycles. The molecule has 1 saturated carbocycles. The zero-order valence-electron chi connectivity index (χ0n) is 10.9. The third-order valence-electron chi connectivity index (χ3n) is 3.82.